The van der Waals surface area contributed by atoms with Gasteiger partial charge in [-0.15, -0.1) is 0 Å². The standard InChI is InChI=1S/C17H22FNO/c1-14-4-2-7-19(8-6-14)13-16-10-15(5-3-9-20)11-17(18)12-16/h10-12,14,20H,2,4,6-9,13H2,1H3. The second-order valence-electron chi connectivity index (χ2n) is 5.62. The van der Waals surface area contributed by atoms with Gasteiger partial charge in [-0.25, -0.2) is 4.39 Å². The van der Waals surface area contributed by atoms with Gasteiger partial charge < -0.3 is 5.11 Å². The third kappa shape index (κ3) is 4.63. The van der Waals surface area contributed by atoms with Gasteiger partial charge >= 0.3 is 0 Å². The van der Waals surface area contributed by atoms with E-state index in [4.69, 9.17) is 5.11 Å². The zero-order valence-corrected chi connectivity index (χ0v) is 12.0. The lowest BCUT2D eigenvalue weighted by atomic mass is 10.0. The van der Waals surface area contributed by atoms with Gasteiger partial charge in [0.1, 0.15) is 12.4 Å². The molecule has 1 fully saturated rings. The molecule has 0 bridgehead atoms. The summed E-state index contributed by atoms with van der Waals surface area (Å²) in [5.74, 6) is 5.87. The molecule has 1 unspecified atom stereocenters. The minimum Gasteiger partial charge on any atom is -0.384 e. The monoisotopic (exact) mass is 275 g/mol. The summed E-state index contributed by atoms with van der Waals surface area (Å²) in [6.07, 6.45) is 3.72. The Morgan fingerprint density at radius 2 is 2.15 bits per heavy atom. The van der Waals surface area contributed by atoms with E-state index in [2.05, 4.69) is 23.7 Å². The summed E-state index contributed by atoms with van der Waals surface area (Å²) >= 11 is 0. The Bertz CT molecular complexity index is 503. The lowest BCUT2D eigenvalue weighted by molar-refractivity contribution is 0.273. The lowest BCUT2D eigenvalue weighted by Crippen LogP contribution is -2.24. The van der Waals surface area contributed by atoms with Crippen LogP contribution in [0, 0.1) is 23.6 Å². The van der Waals surface area contributed by atoms with Crippen LogP contribution in [0.15, 0.2) is 18.2 Å². The highest BCUT2D eigenvalue weighted by Gasteiger charge is 2.14. The van der Waals surface area contributed by atoms with E-state index in [9.17, 15) is 4.39 Å². The number of aliphatic hydroxyl groups excluding tert-OH is 1. The molecule has 2 rings (SSSR count). The van der Waals surface area contributed by atoms with Crippen LogP contribution in [0.5, 0.6) is 0 Å². The van der Waals surface area contributed by atoms with Crippen LogP contribution in [-0.4, -0.2) is 29.7 Å². The van der Waals surface area contributed by atoms with Gasteiger partial charge in [0.05, 0.1) is 0 Å². The maximum atomic E-state index is 13.6. The molecule has 0 radical (unpaired) electrons. The first-order valence-corrected chi connectivity index (χ1v) is 7.29. The number of aliphatic hydroxyl groups is 1. The third-order valence-corrected chi connectivity index (χ3v) is 3.78. The predicted octanol–water partition coefficient (Wildman–Crippen LogP) is 2.79. The molecule has 0 amide bonds. The molecule has 3 heteroatoms. The van der Waals surface area contributed by atoms with Crippen LogP contribution in [-0.2, 0) is 6.54 Å². The Morgan fingerprint density at radius 3 is 2.95 bits per heavy atom. The van der Waals surface area contributed by atoms with Crippen molar-refractivity contribution in [3.63, 3.8) is 0 Å². The summed E-state index contributed by atoms with van der Waals surface area (Å²) in [6.45, 7) is 5.04. The van der Waals surface area contributed by atoms with Crippen LogP contribution in [0.2, 0.25) is 0 Å². The zero-order chi connectivity index (χ0) is 14.4. The van der Waals surface area contributed by atoms with Gasteiger partial charge in [-0.05, 0) is 62.0 Å². The number of halogens is 1. The van der Waals surface area contributed by atoms with Crippen molar-refractivity contribution in [1.29, 1.82) is 0 Å². The molecule has 1 aromatic carbocycles. The smallest absolute Gasteiger partial charge is 0.124 e. The third-order valence-electron chi connectivity index (χ3n) is 3.78. The van der Waals surface area contributed by atoms with Crippen LogP contribution in [0.1, 0.15) is 37.3 Å². The molecule has 1 heterocycles. The number of nitrogens with zero attached hydrogens (tertiary/aromatic N) is 1. The van der Waals surface area contributed by atoms with Crippen LogP contribution in [0.3, 0.4) is 0 Å². The molecule has 1 saturated heterocycles. The Hall–Kier alpha value is -1.37. The number of hydrogen-bond acceptors (Lipinski definition) is 2. The van der Waals surface area contributed by atoms with E-state index in [1.807, 2.05) is 6.07 Å². The SMILES string of the molecule is CC1CCCN(Cc2cc(F)cc(C#CCO)c2)CC1. The first-order chi connectivity index (χ1) is 9.67. The minimum atomic E-state index is -0.257. The molecular formula is C17H22FNO. The average molecular weight is 275 g/mol. The van der Waals surface area contributed by atoms with Gasteiger partial charge in [-0.2, -0.15) is 0 Å². The van der Waals surface area contributed by atoms with E-state index in [-0.39, 0.29) is 12.4 Å². The molecule has 20 heavy (non-hydrogen) atoms. The van der Waals surface area contributed by atoms with Crippen molar-refractivity contribution in [2.45, 2.75) is 32.7 Å². The molecule has 0 aromatic heterocycles. The van der Waals surface area contributed by atoms with E-state index < -0.39 is 0 Å². The summed E-state index contributed by atoms with van der Waals surface area (Å²) in [7, 11) is 0. The summed E-state index contributed by atoms with van der Waals surface area (Å²) in [5, 5.41) is 8.71. The number of likely N-dealkylation sites (tertiary alicyclic amines) is 1. The molecular weight excluding hydrogens is 253 g/mol. The van der Waals surface area contributed by atoms with Crippen molar-refractivity contribution in [2.75, 3.05) is 19.7 Å². The largest absolute Gasteiger partial charge is 0.384 e. The van der Waals surface area contributed by atoms with Crippen molar-refractivity contribution in [3.05, 3.63) is 35.1 Å². The molecule has 2 nitrogen and oxygen atoms in total. The quantitative estimate of drug-likeness (QED) is 0.839. The molecule has 108 valence electrons. The van der Waals surface area contributed by atoms with E-state index in [0.29, 0.717) is 5.56 Å². The van der Waals surface area contributed by atoms with E-state index >= 15 is 0 Å². The topological polar surface area (TPSA) is 23.5 Å². The van der Waals surface area contributed by atoms with Crippen LogP contribution in [0.4, 0.5) is 4.39 Å². The molecule has 1 N–H and O–H groups in total. The van der Waals surface area contributed by atoms with Gasteiger partial charge in [0.2, 0.25) is 0 Å². The highest BCUT2D eigenvalue weighted by molar-refractivity contribution is 5.37. The molecule has 0 saturated carbocycles. The molecule has 0 aliphatic carbocycles. The summed E-state index contributed by atoms with van der Waals surface area (Å²) in [6, 6.07) is 4.91. The second kappa shape index (κ2) is 7.42. The number of benzene rings is 1. The summed E-state index contributed by atoms with van der Waals surface area (Å²) in [4.78, 5) is 2.39. The first-order valence-electron chi connectivity index (χ1n) is 7.29. The van der Waals surface area contributed by atoms with Gasteiger partial charge in [-0.1, -0.05) is 18.8 Å². The van der Waals surface area contributed by atoms with Crippen molar-refractivity contribution >= 4 is 0 Å². The molecule has 1 atom stereocenters. The number of rotatable bonds is 2. The van der Waals surface area contributed by atoms with E-state index in [0.717, 1.165) is 31.1 Å². The molecule has 1 aliphatic heterocycles. The van der Waals surface area contributed by atoms with Crippen molar-refractivity contribution in [1.82, 2.24) is 4.90 Å². The van der Waals surface area contributed by atoms with Gasteiger partial charge in [0.25, 0.3) is 0 Å². The summed E-state index contributed by atoms with van der Waals surface area (Å²) < 4.78 is 13.6. The van der Waals surface area contributed by atoms with Crippen molar-refractivity contribution in [2.24, 2.45) is 5.92 Å². The van der Waals surface area contributed by atoms with Gasteiger partial charge in [0, 0.05) is 12.1 Å². The first kappa shape index (κ1) is 15.0. The Kier molecular flexibility index (Phi) is 5.58. The Labute approximate surface area is 120 Å². The van der Waals surface area contributed by atoms with Crippen LogP contribution < -0.4 is 0 Å². The van der Waals surface area contributed by atoms with Crippen molar-refractivity contribution < 1.29 is 9.50 Å². The highest BCUT2D eigenvalue weighted by atomic mass is 19.1. The summed E-state index contributed by atoms with van der Waals surface area (Å²) in [5.41, 5.74) is 1.60. The molecule has 1 aliphatic rings. The van der Waals surface area contributed by atoms with E-state index in [1.165, 1.54) is 25.3 Å². The zero-order valence-electron chi connectivity index (χ0n) is 12.0. The average Bonchev–Trinajstić information content (AvgIpc) is 2.61. The fourth-order valence-corrected chi connectivity index (χ4v) is 2.69. The fraction of sp³-hybridized carbons (Fsp3) is 0.529. The maximum absolute atomic E-state index is 13.6. The second-order valence-corrected chi connectivity index (χ2v) is 5.62. The van der Waals surface area contributed by atoms with Gasteiger partial charge in [-0.3, -0.25) is 4.90 Å². The Morgan fingerprint density at radius 1 is 1.30 bits per heavy atom. The normalized spacial score (nSPS) is 20.1. The molecule has 0 spiro atoms. The van der Waals surface area contributed by atoms with Crippen molar-refractivity contribution in [3.8, 4) is 11.8 Å². The lowest BCUT2D eigenvalue weighted by Gasteiger charge is -2.20. The van der Waals surface area contributed by atoms with Gasteiger partial charge in [0.15, 0.2) is 0 Å². The Balaban J connectivity index is 2.06. The predicted molar refractivity (Wildman–Crippen MR) is 78.7 cm³/mol. The highest BCUT2D eigenvalue weighted by Crippen LogP contribution is 2.19. The van der Waals surface area contributed by atoms with Crippen LogP contribution >= 0.6 is 0 Å². The maximum Gasteiger partial charge on any atom is 0.124 e. The number of hydrogen-bond donors (Lipinski definition) is 1. The molecule has 1 aromatic rings. The fourth-order valence-electron chi connectivity index (χ4n) is 2.69. The van der Waals surface area contributed by atoms with Crippen LogP contribution in [0.25, 0.3) is 0 Å². The minimum absolute atomic E-state index is 0.199. The van der Waals surface area contributed by atoms with E-state index in [1.54, 1.807) is 6.07 Å².